The van der Waals surface area contributed by atoms with Crippen molar-refractivity contribution in [3.63, 3.8) is 0 Å². The van der Waals surface area contributed by atoms with Crippen molar-refractivity contribution in [1.29, 1.82) is 0 Å². The fourth-order valence-electron chi connectivity index (χ4n) is 4.45. The molecule has 0 heterocycles. The van der Waals surface area contributed by atoms with Crippen molar-refractivity contribution in [1.82, 2.24) is 10.2 Å². The molecule has 2 aliphatic rings. The van der Waals surface area contributed by atoms with E-state index in [1.165, 1.54) is 11.1 Å². The first-order valence-corrected chi connectivity index (χ1v) is 11.1. The standard InChI is InChI=1S/C25H28N2O6/c1-27(17-12-16(13-17)24(29)30)23(28)15-32-11-10-26-25(31)33-14-22-20-8-4-2-6-18(20)19-7-3-5-9-21(19)22/h2-9,16-17,22H,10-15H2,1H3,(H,26,31)(H,29,30). The lowest BCUT2D eigenvalue weighted by atomic mass is 9.79. The molecule has 2 N–H and O–H groups in total. The molecule has 0 saturated heterocycles. The Balaban J connectivity index is 1.15. The van der Waals surface area contributed by atoms with Gasteiger partial charge in [-0.3, -0.25) is 9.59 Å². The highest BCUT2D eigenvalue weighted by Crippen LogP contribution is 2.44. The van der Waals surface area contributed by atoms with Gasteiger partial charge in [-0.15, -0.1) is 0 Å². The topological polar surface area (TPSA) is 105 Å². The predicted molar refractivity (Wildman–Crippen MR) is 121 cm³/mol. The van der Waals surface area contributed by atoms with Crippen molar-refractivity contribution in [3.05, 3.63) is 59.7 Å². The molecule has 0 bridgehead atoms. The average molecular weight is 453 g/mol. The molecule has 1 fully saturated rings. The van der Waals surface area contributed by atoms with E-state index >= 15 is 0 Å². The monoisotopic (exact) mass is 452 g/mol. The number of carboxylic acid groups (broad SMARTS) is 1. The highest BCUT2D eigenvalue weighted by atomic mass is 16.5. The number of ether oxygens (including phenoxy) is 2. The molecule has 174 valence electrons. The van der Waals surface area contributed by atoms with E-state index in [4.69, 9.17) is 14.6 Å². The summed E-state index contributed by atoms with van der Waals surface area (Å²) < 4.78 is 10.8. The number of fused-ring (bicyclic) bond motifs is 3. The third kappa shape index (κ3) is 5.01. The van der Waals surface area contributed by atoms with Crippen LogP contribution in [-0.4, -0.2) is 67.4 Å². The number of hydrogen-bond donors (Lipinski definition) is 2. The van der Waals surface area contributed by atoms with Crippen LogP contribution >= 0.6 is 0 Å². The van der Waals surface area contributed by atoms with Crippen LogP contribution in [0.25, 0.3) is 11.1 Å². The third-order valence-corrected chi connectivity index (χ3v) is 6.49. The minimum atomic E-state index is -0.817. The predicted octanol–water partition coefficient (Wildman–Crippen LogP) is 2.86. The van der Waals surface area contributed by atoms with Gasteiger partial charge in [0.2, 0.25) is 5.91 Å². The van der Waals surface area contributed by atoms with Gasteiger partial charge in [-0.05, 0) is 35.1 Å². The van der Waals surface area contributed by atoms with Gasteiger partial charge in [-0.2, -0.15) is 0 Å². The van der Waals surface area contributed by atoms with Crippen molar-refractivity contribution in [2.75, 3.05) is 33.4 Å². The zero-order valence-electron chi connectivity index (χ0n) is 18.5. The van der Waals surface area contributed by atoms with Crippen LogP contribution < -0.4 is 5.32 Å². The number of alkyl carbamates (subject to hydrolysis) is 1. The van der Waals surface area contributed by atoms with Gasteiger partial charge >= 0.3 is 12.1 Å². The highest BCUT2D eigenvalue weighted by Gasteiger charge is 2.38. The van der Waals surface area contributed by atoms with Crippen LogP contribution in [0, 0.1) is 5.92 Å². The molecule has 2 amide bonds. The van der Waals surface area contributed by atoms with E-state index in [1.54, 1.807) is 11.9 Å². The number of carbonyl (C=O) groups is 3. The molecular formula is C25H28N2O6. The lowest BCUT2D eigenvalue weighted by Gasteiger charge is -2.39. The van der Waals surface area contributed by atoms with Crippen LogP contribution in [0.1, 0.15) is 29.9 Å². The number of benzene rings is 2. The van der Waals surface area contributed by atoms with Crippen LogP contribution in [-0.2, 0) is 19.1 Å². The fourth-order valence-corrected chi connectivity index (χ4v) is 4.45. The number of amides is 2. The molecule has 0 unspecified atom stereocenters. The van der Waals surface area contributed by atoms with Gasteiger partial charge in [-0.1, -0.05) is 48.5 Å². The third-order valence-electron chi connectivity index (χ3n) is 6.49. The molecule has 0 atom stereocenters. The number of aliphatic carboxylic acids is 1. The number of carboxylic acids is 1. The van der Waals surface area contributed by atoms with Gasteiger partial charge in [0.25, 0.3) is 0 Å². The second-order valence-corrected chi connectivity index (χ2v) is 8.47. The Morgan fingerprint density at radius 1 is 1.03 bits per heavy atom. The van der Waals surface area contributed by atoms with E-state index in [2.05, 4.69) is 29.6 Å². The lowest BCUT2D eigenvalue weighted by Crippen LogP contribution is -2.48. The largest absolute Gasteiger partial charge is 0.481 e. The van der Waals surface area contributed by atoms with Gasteiger partial charge in [0.15, 0.2) is 0 Å². The van der Waals surface area contributed by atoms with E-state index in [9.17, 15) is 14.4 Å². The van der Waals surface area contributed by atoms with E-state index in [-0.39, 0.29) is 50.2 Å². The number of carbonyl (C=O) groups excluding carboxylic acids is 2. The minimum Gasteiger partial charge on any atom is -0.481 e. The number of likely N-dealkylation sites (N-methyl/N-ethyl adjacent to an activating group) is 1. The first-order valence-electron chi connectivity index (χ1n) is 11.1. The minimum absolute atomic E-state index is 0.000195. The molecular weight excluding hydrogens is 424 g/mol. The van der Waals surface area contributed by atoms with Crippen molar-refractivity contribution in [3.8, 4) is 11.1 Å². The summed E-state index contributed by atoms with van der Waals surface area (Å²) in [6.07, 6.45) is 0.417. The molecule has 8 nitrogen and oxygen atoms in total. The molecule has 2 aromatic rings. The quantitative estimate of drug-likeness (QED) is 0.567. The van der Waals surface area contributed by atoms with Crippen LogP contribution in [0.15, 0.2) is 48.5 Å². The lowest BCUT2D eigenvalue weighted by molar-refractivity contribution is -0.151. The summed E-state index contributed by atoms with van der Waals surface area (Å²) in [6, 6.07) is 16.2. The summed E-state index contributed by atoms with van der Waals surface area (Å²) >= 11 is 0. The molecule has 0 aliphatic heterocycles. The van der Waals surface area contributed by atoms with Gasteiger partial charge in [0, 0.05) is 25.6 Å². The normalized spacial score (nSPS) is 18.6. The van der Waals surface area contributed by atoms with Crippen LogP contribution in [0.4, 0.5) is 4.79 Å². The van der Waals surface area contributed by atoms with Crippen molar-refractivity contribution in [2.45, 2.75) is 24.8 Å². The smallest absolute Gasteiger partial charge is 0.407 e. The van der Waals surface area contributed by atoms with Gasteiger partial charge in [0.1, 0.15) is 13.2 Å². The Hall–Kier alpha value is -3.39. The first kappa shape index (κ1) is 22.8. The summed E-state index contributed by atoms with van der Waals surface area (Å²) in [7, 11) is 1.66. The first-order chi connectivity index (χ1) is 16.0. The number of rotatable bonds is 9. The molecule has 33 heavy (non-hydrogen) atoms. The Kier molecular flexibility index (Phi) is 6.93. The summed E-state index contributed by atoms with van der Waals surface area (Å²) in [5, 5.41) is 11.6. The van der Waals surface area contributed by atoms with E-state index in [0.29, 0.717) is 12.8 Å². The summed E-state index contributed by atoms with van der Waals surface area (Å²) in [5.74, 6) is -1.39. The van der Waals surface area contributed by atoms with Crippen LogP contribution in [0.5, 0.6) is 0 Å². The number of nitrogens with zero attached hydrogens (tertiary/aromatic N) is 1. The summed E-state index contributed by atoms with van der Waals surface area (Å²) in [5.41, 5.74) is 4.65. The van der Waals surface area contributed by atoms with E-state index < -0.39 is 12.1 Å². The molecule has 1 saturated carbocycles. The van der Waals surface area contributed by atoms with E-state index in [1.807, 2.05) is 24.3 Å². The van der Waals surface area contributed by atoms with Crippen LogP contribution in [0.3, 0.4) is 0 Å². The van der Waals surface area contributed by atoms with Gasteiger partial charge in [0.05, 0.1) is 12.5 Å². The summed E-state index contributed by atoms with van der Waals surface area (Å²) in [4.78, 5) is 36.7. The molecule has 0 radical (unpaired) electrons. The second-order valence-electron chi connectivity index (χ2n) is 8.47. The van der Waals surface area contributed by atoms with Crippen LogP contribution in [0.2, 0.25) is 0 Å². The molecule has 0 spiro atoms. The maximum atomic E-state index is 12.1. The summed E-state index contributed by atoms with van der Waals surface area (Å²) in [6.45, 7) is 0.518. The maximum Gasteiger partial charge on any atom is 0.407 e. The fraction of sp³-hybridized carbons (Fsp3) is 0.400. The zero-order chi connectivity index (χ0) is 23.4. The molecule has 0 aromatic heterocycles. The molecule has 2 aliphatic carbocycles. The Morgan fingerprint density at radius 3 is 2.24 bits per heavy atom. The second kappa shape index (κ2) is 10.0. The average Bonchev–Trinajstić information content (AvgIpc) is 3.09. The molecule has 8 heteroatoms. The zero-order valence-corrected chi connectivity index (χ0v) is 18.5. The SMILES string of the molecule is CN(C(=O)COCCNC(=O)OCC1c2ccccc2-c2ccccc21)C1CC(C(=O)O)C1. The Bertz CT molecular complexity index is 988. The molecule has 2 aromatic carbocycles. The maximum absolute atomic E-state index is 12.1. The number of nitrogens with one attached hydrogen (secondary N) is 1. The van der Waals surface area contributed by atoms with Gasteiger partial charge < -0.3 is 24.8 Å². The highest BCUT2D eigenvalue weighted by molar-refractivity contribution is 5.79. The van der Waals surface area contributed by atoms with Crippen molar-refractivity contribution >= 4 is 18.0 Å². The van der Waals surface area contributed by atoms with Crippen molar-refractivity contribution < 1.29 is 29.0 Å². The van der Waals surface area contributed by atoms with Gasteiger partial charge in [-0.25, -0.2) is 4.79 Å². The molecule has 4 rings (SSSR count). The Morgan fingerprint density at radius 2 is 1.64 bits per heavy atom. The number of hydrogen-bond acceptors (Lipinski definition) is 5. The Labute approximate surface area is 192 Å². The van der Waals surface area contributed by atoms with E-state index in [0.717, 1.165) is 11.1 Å². The van der Waals surface area contributed by atoms with Crippen molar-refractivity contribution in [2.24, 2.45) is 5.92 Å².